The Morgan fingerprint density at radius 3 is 1.81 bits per heavy atom. The van der Waals surface area contributed by atoms with Crippen LogP contribution in [0.3, 0.4) is 0 Å². The fourth-order valence-electron chi connectivity index (χ4n) is 11.4. The predicted octanol–water partition coefficient (Wildman–Crippen LogP) is 13.7. The van der Waals surface area contributed by atoms with Crippen LogP contribution in [-0.4, -0.2) is 4.89 Å². The standard InChI is InChI=1S/C52H39O4P/c53-57(54)55-51-43(39-23-19-33-17-15-29-9-5-11-31-21-25-41(39)47(33)45(29)31)27-35-7-1-3-13-37(35)49(51)50-38-14-4-2-8-36(38)28-44(52(50)56-57)40-24-20-34-18-16-30-10-6-12-32-22-26-42(40)48(34)46(30)32/h5-6,9,11-12,15-17,19-28H,1-4,7-8,10,13-14,18H2,(H,53,54). The molecule has 1 atom stereocenters. The minimum Gasteiger partial charge on any atom is -0.394 e. The monoisotopic (exact) mass is 758 g/mol. The summed E-state index contributed by atoms with van der Waals surface area (Å²) in [5, 5.41) is 9.64. The Hall–Kier alpha value is -5.67. The SMILES string of the molecule is O=P1(O)Oc2c(-c3ccc4c5c6c(ccc35)C=CCC6=CC4)cc3c(c2-c2c4c(cc(-c5ccc6ccc7cccc8ccc5c6c78)c2O1)CCCC4)CCCC3. The molecule has 4 aliphatic carbocycles. The third kappa shape index (κ3) is 4.57. The fraction of sp³-hybridized carbons (Fsp3) is 0.192. The Morgan fingerprint density at radius 2 is 1.11 bits per heavy atom. The van der Waals surface area contributed by atoms with Gasteiger partial charge in [-0.25, -0.2) is 4.57 Å². The Bertz CT molecular complexity index is 3220. The number of phosphoric ester groups is 1. The molecule has 5 heteroatoms. The van der Waals surface area contributed by atoms with Gasteiger partial charge >= 0.3 is 7.82 Å². The summed E-state index contributed by atoms with van der Waals surface area (Å²) in [7, 11) is -4.68. The van der Waals surface area contributed by atoms with Gasteiger partial charge in [0.25, 0.3) is 0 Å². The molecule has 276 valence electrons. The smallest absolute Gasteiger partial charge is 0.394 e. The van der Waals surface area contributed by atoms with Gasteiger partial charge in [-0.05, 0) is 175 Å². The fourth-order valence-corrected chi connectivity index (χ4v) is 12.2. The Kier molecular flexibility index (Phi) is 6.65. The number of benzene rings is 8. The van der Waals surface area contributed by atoms with E-state index >= 15 is 0 Å². The van der Waals surface area contributed by atoms with Crippen molar-refractivity contribution >= 4 is 62.6 Å². The summed E-state index contributed by atoms with van der Waals surface area (Å²) in [6, 6.07) is 33.3. The highest BCUT2D eigenvalue weighted by Crippen LogP contribution is 2.63. The first kappa shape index (κ1) is 32.4. The van der Waals surface area contributed by atoms with E-state index < -0.39 is 7.82 Å². The first-order valence-corrected chi connectivity index (χ1v) is 22.2. The zero-order valence-corrected chi connectivity index (χ0v) is 32.5. The van der Waals surface area contributed by atoms with Crippen molar-refractivity contribution in [2.45, 2.75) is 64.2 Å². The van der Waals surface area contributed by atoms with E-state index in [1.54, 1.807) is 0 Å². The van der Waals surface area contributed by atoms with Crippen LogP contribution in [0, 0.1) is 0 Å². The van der Waals surface area contributed by atoms with Gasteiger partial charge in [0.1, 0.15) is 11.5 Å². The maximum Gasteiger partial charge on any atom is 0.584 e. The average molecular weight is 759 g/mol. The van der Waals surface area contributed by atoms with Crippen LogP contribution >= 0.6 is 7.82 Å². The van der Waals surface area contributed by atoms with Crippen molar-refractivity contribution in [1.29, 1.82) is 0 Å². The lowest BCUT2D eigenvalue weighted by molar-refractivity contribution is 0.295. The van der Waals surface area contributed by atoms with Gasteiger partial charge in [-0.15, -0.1) is 0 Å². The topological polar surface area (TPSA) is 55.8 Å². The number of rotatable bonds is 2. The van der Waals surface area contributed by atoms with E-state index in [1.807, 2.05) is 0 Å². The van der Waals surface area contributed by atoms with Crippen LogP contribution in [0.5, 0.6) is 11.5 Å². The third-order valence-corrected chi connectivity index (χ3v) is 14.6. The van der Waals surface area contributed by atoms with E-state index in [9.17, 15) is 9.46 Å². The Morgan fingerprint density at radius 1 is 0.526 bits per heavy atom. The van der Waals surface area contributed by atoms with E-state index in [1.165, 1.54) is 76.8 Å². The van der Waals surface area contributed by atoms with E-state index in [-0.39, 0.29) is 0 Å². The van der Waals surface area contributed by atoms with Crippen molar-refractivity contribution in [1.82, 2.24) is 0 Å². The molecule has 0 saturated heterocycles. The van der Waals surface area contributed by atoms with Crippen LogP contribution in [0.15, 0.2) is 103 Å². The quantitative estimate of drug-likeness (QED) is 0.141. The molecule has 0 aromatic heterocycles. The van der Waals surface area contributed by atoms with Crippen LogP contribution in [0.4, 0.5) is 0 Å². The summed E-state index contributed by atoms with van der Waals surface area (Å²) < 4.78 is 27.7. The van der Waals surface area contributed by atoms with Crippen molar-refractivity contribution in [2.24, 2.45) is 0 Å². The second-order valence-electron chi connectivity index (χ2n) is 16.8. The molecule has 5 aliphatic rings. The number of hydrogen-bond acceptors (Lipinski definition) is 3. The maximum atomic E-state index is 14.7. The van der Waals surface area contributed by atoms with E-state index in [0.717, 1.165) is 108 Å². The molecule has 1 unspecified atom stereocenters. The first-order valence-electron chi connectivity index (χ1n) is 20.7. The van der Waals surface area contributed by atoms with Crippen molar-refractivity contribution in [3.63, 3.8) is 0 Å². The van der Waals surface area contributed by atoms with Gasteiger partial charge in [0.05, 0.1) is 0 Å². The number of hydrogen-bond donors (Lipinski definition) is 1. The number of fused-ring (bicyclic) bond motifs is 7. The van der Waals surface area contributed by atoms with Crippen LogP contribution in [-0.2, 0) is 36.7 Å². The van der Waals surface area contributed by atoms with Gasteiger partial charge in [-0.1, -0.05) is 97.1 Å². The molecule has 1 N–H and O–H groups in total. The molecule has 13 rings (SSSR count). The van der Waals surface area contributed by atoms with Crippen molar-refractivity contribution in [2.75, 3.05) is 0 Å². The minimum atomic E-state index is -4.68. The highest BCUT2D eigenvalue weighted by Gasteiger charge is 2.40. The molecule has 1 aliphatic heterocycles. The molecule has 8 aromatic carbocycles. The van der Waals surface area contributed by atoms with Crippen LogP contribution < -0.4 is 9.05 Å². The predicted molar refractivity (Wildman–Crippen MR) is 234 cm³/mol. The van der Waals surface area contributed by atoms with Gasteiger partial charge in [0, 0.05) is 22.3 Å². The Balaban J connectivity index is 1.15. The highest BCUT2D eigenvalue weighted by molar-refractivity contribution is 7.48. The molecule has 0 spiro atoms. The zero-order chi connectivity index (χ0) is 37.6. The lowest BCUT2D eigenvalue weighted by Crippen LogP contribution is -2.10. The van der Waals surface area contributed by atoms with Crippen LogP contribution in [0.2, 0.25) is 0 Å². The number of aryl methyl sites for hydroxylation is 2. The molecule has 0 bridgehead atoms. The summed E-state index contributed by atoms with van der Waals surface area (Å²) in [5.41, 5.74) is 16.1. The van der Waals surface area contributed by atoms with Gasteiger partial charge in [0.2, 0.25) is 0 Å². The van der Waals surface area contributed by atoms with Crippen LogP contribution in [0.25, 0.3) is 88.1 Å². The van der Waals surface area contributed by atoms with Crippen molar-refractivity contribution in [3.05, 3.63) is 142 Å². The Labute approximate surface area is 331 Å². The van der Waals surface area contributed by atoms with Crippen LogP contribution in [0.1, 0.15) is 71.0 Å². The molecule has 0 amide bonds. The minimum absolute atomic E-state index is 0.477. The summed E-state index contributed by atoms with van der Waals surface area (Å²) >= 11 is 0. The van der Waals surface area contributed by atoms with Gasteiger partial charge in [-0.3, -0.25) is 4.89 Å². The molecule has 1 heterocycles. The van der Waals surface area contributed by atoms with E-state index in [2.05, 4.69) is 109 Å². The molecular weight excluding hydrogens is 720 g/mol. The average Bonchev–Trinajstić information content (AvgIpc) is 3.37. The largest absolute Gasteiger partial charge is 0.584 e. The van der Waals surface area contributed by atoms with Gasteiger partial charge in [-0.2, -0.15) is 0 Å². The highest BCUT2D eigenvalue weighted by atomic mass is 31.2. The van der Waals surface area contributed by atoms with Crippen molar-refractivity contribution in [3.8, 4) is 44.9 Å². The first-order chi connectivity index (χ1) is 28.0. The molecule has 4 nitrogen and oxygen atoms in total. The molecule has 8 aromatic rings. The summed E-state index contributed by atoms with van der Waals surface area (Å²) in [4.78, 5) is 12.0. The molecule has 0 fully saturated rings. The lowest BCUT2D eigenvalue weighted by Gasteiger charge is -2.29. The summed E-state index contributed by atoms with van der Waals surface area (Å²) in [6.45, 7) is 0. The summed E-state index contributed by atoms with van der Waals surface area (Å²) in [5.74, 6) is 0.963. The zero-order valence-electron chi connectivity index (χ0n) is 31.6. The van der Waals surface area contributed by atoms with Gasteiger partial charge in [0.15, 0.2) is 0 Å². The lowest BCUT2D eigenvalue weighted by atomic mass is 9.76. The molecular formula is C52H39O4P. The van der Waals surface area contributed by atoms with Crippen molar-refractivity contribution < 1.29 is 18.5 Å². The van der Waals surface area contributed by atoms with Gasteiger partial charge < -0.3 is 9.05 Å². The molecule has 0 radical (unpaired) electrons. The number of phosphoric acid groups is 1. The van der Waals surface area contributed by atoms with E-state index in [4.69, 9.17) is 9.05 Å². The second kappa shape index (κ2) is 11.7. The third-order valence-electron chi connectivity index (χ3n) is 13.8. The second-order valence-corrected chi connectivity index (χ2v) is 18.1. The summed E-state index contributed by atoms with van der Waals surface area (Å²) in [6.07, 6.45) is 16.8. The van der Waals surface area contributed by atoms with E-state index in [0.29, 0.717) is 11.5 Å². The molecule has 0 saturated carbocycles. The molecule has 57 heavy (non-hydrogen) atoms. The maximum absolute atomic E-state index is 14.7. The normalized spacial score (nSPS) is 19.1. The number of allylic oxidation sites excluding steroid dienone is 3.